The van der Waals surface area contributed by atoms with Crippen LogP contribution in [0.5, 0.6) is 5.88 Å². The van der Waals surface area contributed by atoms with Gasteiger partial charge in [0.25, 0.3) is 0 Å². The van der Waals surface area contributed by atoms with Crippen LogP contribution in [0.15, 0.2) is 42.6 Å². The van der Waals surface area contributed by atoms with Crippen molar-refractivity contribution in [3.05, 3.63) is 58.2 Å². The summed E-state index contributed by atoms with van der Waals surface area (Å²) in [6, 6.07) is 11.5. The third kappa shape index (κ3) is 5.91. The van der Waals surface area contributed by atoms with Crippen molar-refractivity contribution in [2.24, 2.45) is 17.3 Å². The lowest BCUT2D eigenvalue weighted by molar-refractivity contribution is -0.144. The molecule has 6 nitrogen and oxygen atoms in total. The number of ether oxygens (including phenoxy) is 1. The number of rotatable bonds is 6. The molecule has 2 aromatic rings. The topological polar surface area (TPSA) is 62.7 Å². The molecule has 0 bridgehead atoms. The molecule has 0 radical (unpaired) electrons. The third-order valence-electron chi connectivity index (χ3n) is 8.53. The highest BCUT2D eigenvalue weighted by Crippen LogP contribution is 2.47. The number of piperidine rings is 2. The van der Waals surface area contributed by atoms with Crippen LogP contribution in [0.25, 0.3) is 0 Å². The molecule has 198 valence electrons. The van der Waals surface area contributed by atoms with Gasteiger partial charge in [-0.3, -0.25) is 9.59 Å². The molecule has 3 heterocycles. The summed E-state index contributed by atoms with van der Waals surface area (Å²) in [5.41, 5.74) is 1.01. The molecule has 0 N–H and O–H groups in total. The van der Waals surface area contributed by atoms with E-state index in [0.717, 1.165) is 37.7 Å². The molecule has 5 rings (SSSR count). The van der Waals surface area contributed by atoms with Crippen LogP contribution in [0, 0.1) is 17.3 Å². The molecule has 0 spiro atoms. The fraction of sp³-hybridized carbons (Fsp3) is 0.552. The first kappa shape index (κ1) is 26.3. The zero-order chi connectivity index (χ0) is 26.2. The van der Waals surface area contributed by atoms with Gasteiger partial charge in [0, 0.05) is 66.6 Å². The van der Waals surface area contributed by atoms with Crippen LogP contribution >= 0.6 is 23.2 Å². The van der Waals surface area contributed by atoms with Gasteiger partial charge in [0.1, 0.15) is 6.10 Å². The molecule has 3 atom stereocenters. The maximum atomic E-state index is 13.6. The number of pyridine rings is 1. The number of hydrogen-bond donors (Lipinski definition) is 0. The van der Waals surface area contributed by atoms with Gasteiger partial charge in [-0.1, -0.05) is 42.3 Å². The third-order valence-corrected chi connectivity index (χ3v) is 9.01. The number of carbonyl (C=O) groups is 2. The van der Waals surface area contributed by atoms with Crippen LogP contribution in [-0.4, -0.2) is 58.9 Å². The lowest BCUT2D eigenvalue weighted by Gasteiger charge is -2.43. The standard InChI is InChI=1S/C29H35Cl2N3O3/c1-19(37-26-8-7-23(31)17-32-26)24-11-16-34(18-25(24)20-3-5-22(30)6-4-20)27(35)21-9-14-33(15-10-21)28(36)29(2)12-13-29/h3-8,17,19,21,24-25H,9-16,18H2,1-2H3/t19-,24+,25+/m0/s1. The van der Waals surface area contributed by atoms with E-state index in [1.807, 2.05) is 21.9 Å². The monoisotopic (exact) mass is 543 g/mol. The highest BCUT2D eigenvalue weighted by Gasteiger charge is 2.48. The molecule has 1 aliphatic carbocycles. The summed E-state index contributed by atoms with van der Waals surface area (Å²) >= 11 is 12.2. The van der Waals surface area contributed by atoms with E-state index < -0.39 is 0 Å². The van der Waals surface area contributed by atoms with Crippen molar-refractivity contribution < 1.29 is 14.3 Å². The Morgan fingerprint density at radius 3 is 2.24 bits per heavy atom. The van der Waals surface area contributed by atoms with Gasteiger partial charge in [-0.2, -0.15) is 0 Å². The summed E-state index contributed by atoms with van der Waals surface area (Å²) < 4.78 is 6.23. The molecule has 3 fully saturated rings. The highest BCUT2D eigenvalue weighted by atomic mass is 35.5. The second-order valence-electron chi connectivity index (χ2n) is 11.2. The van der Waals surface area contributed by atoms with E-state index in [0.29, 0.717) is 42.1 Å². The van der Waals surface area contributed by atoms with E-state index in [2.05, 4.69) is 31.0 Å². The van der Waals surface area contributed by atoms with Crippen LogP contribution in [0.4, 0.5) is 0 Å². The second kappa shape index (κ2) is 10.8. The van der Waals surface area contributed by atoms with Crippen LogP contribution in [-0.2, 0) is 9.59 Å². The number of halogens is 2. The first-order chi connectivity index (χ1) is 17.7. The molecular weight excluding hydrogens is 509 g/mol. The van der Waals surface area contributed by atoms with Crippen molar-refractivity contribution in [1.82, 2.24) is 14.8 Å². The van der Waals surface area contributed by atoms with Gasteiger partial charge in [0.2, 0.25) is 17.7 Å². The van der Waals surface area contributed by atoms with Crippen LogP contribution < -0.4 is 4.74 Å². The molecule has 2 amide bonds. The number of benzene rings is 1. The molecule has 37 heavy (non-hydrogen) atoms. The van der Waals surface area contributed by atoms with Gasteiger partial charge in [0.05, 0.1) is 5.02 Å². The van der Waals surface area contributed by atoms with Crippen LogP contribution in [0.3, 0.4) is 0 Å². The maximum absolute atomic E-state index is 13.6. The Labute approximate surface area is 229 Å². The van der Waals surface area contributed by atoms with E-state index >= 15 is 0 Å². The number of carbonyl (C=O) groups excluding carboxylic acids is 2. The highest BCUT2D eigenvalue weighted by molar-refractivity contribution is 6.30. The number of likely N-dealkylation sites (tertiary alicyclic amines) is 2. The summed E-state index contributed by atoms with van der Waals surface area (Å²) in [5.74, 6) is 1.34. The number of amides is 2. The fourth-order valence-electron chi connectivity index (χ4n) is 5.88. The molecular formula is C29H35Cl2N3O3. The van der Waals surface area contributed by atoms with Crippen molar-refractivity contribution in [2.75, 3.05) is 26.2 Å². The summed E-state index contributed by atoms with van der Waals surface area (Å²) in [6.45, 7) is 6.84. The van der Waals surface area contributed by atoms with Crippen LogP contribution in [0.1, 0.15) is 57.4 Å². The quantitative estimate of drug-likeness (QED) is 0.460. The number of hydrogen-bond acceptors (Lipinski definition) is 4. The first-order valence-electron chi connectivity index (χ1n) is 13.4. The lowest BCUT2D eigenvalue weighted by atomic mass is 9.77. The average Bonchev–Trinajstić information content (AvgIpc) is 3.67. The zero-order valence-corrected chi connectivity index (χ0v) is 23.0. The SMILES string of the molecule is C[C@H](Oc1ccc(Cl)cn1)[C@H]1CCN(C(=O)C2CCN(C(=O)C3(C)CC3)CC2)C[C@@H]1c1ccc(Cl)cc1. The second-order valence-corrected chi connectivity index (χ2v) is 12.0. The van der Waals surface area contributed by atoms with Gasteiger partial charge in [-0.25, -0.2) is 4.98 Å². The van der Waals surface area contributed by atoms with E-state index in [1.165, 1.54) is 0 Å². The minimum absolute atomic E-state index is 0.0228. The minimum atomic E-state index is -0.148. The Balaban J connectivity index is 1.26. The maximum Gasteiger partial charge on any atom is 0.228 e. The number of nitrogens with zero attached hydrogens (tertiary/aromatic N) is 3. The summed E-state index contributed by atoms with van der Waals surface area (Å²) in [6.07, 6.45) is 5.80. The van der Waals surface area contributed by atoms with Crippen molar-refractivity contribution in [1.29, 1.82) is 0 Å². The van der Waals surface area contributed by atoms with E-state index in [-0.39, 0.29) is 41.1 Å². The van der Waals surface area contributed by atoms with E-state index in [1.54, 1.807) is 18.3 Å². The molecule has 1 saturated carbocycles. The van der Waals surface area contributed by atoms with Crippen molar-refractivity contribution in [3.8, 4) is 5.88 Å². The van der Waals surface area contributed by atoms with Crippen molar-refractivity contribution in [2.45, 2.75) is 58.0 Å². The van der Waals surface area contributed by atoms with Gasteiger partial charge >= 0.3 is 0 Å². The van der Waals surface area contributed by atoms with Crippen LogP contribution in [0.2, 0.25) is 10.0 Å². The Hall–Kier alpha value is -2.31. The average molecular weight is 545 g/mol. The normalized spacial score (nSPS) is 24.4. The number of aromatic nitrogens is 1. The zero-order valence-electron chi connectivity index (χ0n) is 21.5. The van der Waals surface area contributed by atoms with Gasteiger partial charge < -0.3 is 14.5 Å². The predicted molar refractivity (Wildman–Crippen MR) is 145 cm³/mol. The van der Waals surface area contributed by atoms with Gasteiger partial charge in [-0.05, 0) is 62.8 Å². The fourth-order valence-corrected chi connectivity index (χ4v) is 6.11. The summed E-state index contributed by atoms with van der Waals surface area (Å²) in [7, 11) is 0. The first-order valence-corrected chi connectivity index (χ1v) is 14.1. The van der Waals surface area contributed by atoms with Gasteiger partial charge in [-0.15, -0.1) is 0 Å². The Morgan fingerprint density at radius 2 is 1.62 bits per heavy atom. The smallest absolute Gasteiger partial charge is 0.228 e. The molecule has 1 aromatic heterocycles. The molecule has 0 unspecified atom stereocenters. The summed E-state index contributed by atoms with van der Waals surface area (Å²) in [4.78, 5) is 34.7. The van der Waals surface area contributed by atoms with Crippen molar-refractivity contribution >= 4 is 35.0 Å². The molecule has 1 aromatic carbocycles. The van der Waals surface area contributed by atoms with E-state index in [9.17, 15) is 9.59 Å². The lowest BCUT2D eigenvalue weighted by Crippen LogP contribution is -2.50. The Morgan fingerprint density at radius 1 is 0.973 bits per heavy atom. The van der Waals surface area contributed by atoms with E-state index in [4.69, 9.17) is 27.9 Å². The molecule has 3 aliphatic rings. The molecule has 2 aliphatic heterocycles. The Kier molecular flexibility index (Phi) is 7.69. The largest absolute Gasteiger partial charge is 0.474 e. The Bertz CT molecular complexity index is 1110. The predicted octanol–water partition coefficient (Wildman–Crippen LogP) is 5.83. The minimum Gasteiger partial charge on any atom is -0.474 e. The summed E-state index contributed by atoms with van der Waals surface area (Å²) in [5, 5.41) is 1.27. The molecule has 8 heteroatoms. The van der Waals surface area contributed by atoms with Gasteiger partial charge in [0.15, 0.2) is 0 Å². The van der Waals surface area contributed by atoms with Crippen molar-refractivity contribution in [3.63, 3.8) is 0 Å². The molecule has 2 saturated heterocycles.